The van der Waals surface area contributed by atoms with Crippen LogP contribution < -0.4 is 25.4 Å². The van der Waals surface area contributed by atoms with Gasteiger partial charge in [0.2, 0.25) is 5.91 Å². The Morgan fingerprint density at radius 1 is 1.19 bits per heavy atom. The Morgan fingerprint density at radius 3 is 2.97 bits per heavy atom. The zero-order valence-corrected chi connectivity index (χ0v) is 18.5. The lowest BCUT2D eigenvalue weighted by Crippen LogP contribution is -2.36. The molecule has 2 fully saturated rings. The fraction of sp³-hybridized carbons (Fsp3) is 0.476. The molecule has 4 heterocycles. The highest BCUT2D eigenvalue weighted by Gasteiger charge is 2.42. The van der Waals surface area contributed by atoms with Crippen LogP contribution >= 0.6 is 23.1 Å². The first-order chi connectivity index (χ1) is 15.2. The number of ether oxygens (including phenoxy) is 2. The summed E-state index contributed by atoms with van der Waals surface area (Å²) in [5.74, 6) is 2.42. The van der Waals surface area contributed by atoms with E-state index < -0.39 is 0 Å². The van der Waals surface area contributed by atoms with Crippen molar-refractivity contribution in [2.45, 2.75) is 43.0 Å². The molecule has 3 amide bonds. The summed E-state index contributed by atoms with van der Waals surface area (Å²) in [6.45, 7) is 1.11. The van der Waals surface area contributed by atoms with Gasteiger partial charge in [-0.15, -0.1) is 11.3 Å². The fourth-order valence-corrected chi connectivity index (χ4v) is 6.40. The molecule has 10 heteroatoms. The molecule has 164 valence electrons. The summed E-state index contributed by atoms with van der Waals surface area (Å²) >= 11 is 3.32. The Kier molecular flexibility index (Phi) is 5.91. The van der Waals surface area contributed by atoms with Crippen molar-refractivity contribution >= 4 is 40.2 Å². The highest BCUT2D eigenvalue weighted by Crippen LogP contribution is 2.36. The van der Waals surface area contributed by atoms with Crippen LogP contribution in [0.3, 0.4) is 0 Å². The van der Waals surface area contributed by atoms with Gasteiger partial charge in [0.1, 0.15) is 13.2 Å². The molecule has 8 nitrogen and oxygen atoms in total. The molecule has 2 aromatic rings. The lowest BCUT2D eigenvalue weighted by Gasteiger charge is -2.18. The quantitative estimate of drug-likeness (QED) is 0.433. The zero-order valence-electron chi connectivity index (χ0n) is 16.9. The van der Waals surface area contributed by atoms with E-state index in [1.54, 1.807) is 0 Å². The molecule has 3 aliphatic heterocycles. The van der Waals surface area contributed by atoms with Gasteiger partial charge in [-0.3, -0.25) is 4.79 Å². The maximum atomic E-state index is 12.3. The minimum Gasteiger partial charge on any atom is -0.486 e. The second-order valence-corrected chi connectivity index (χ2v) is 9.94. The SMILES string of the molecule is O=C(CCCC[C@@H]1SC[C@@H]2NC(=O)N[C@@H]21)Nc1nc(-c2ccc3c(c2)OCCO3)cs1. The van der Waals surface area contributed by atoms with Gasteiger partial charge >= 0.3 is 6.03 Å². The predicted octanol–water partition coefficient (Wildman–Crippen LogP) is 3.25. The number of thiazole rings is 1. The molecular weight excluding hydrogens is 436 g/mol. The predicted molar refractivity (Wildman–Crippen MR) is 121 cm³/mol. The first kappa shape index (κ1) is 20.4. The highest BCUT2D eigenvalue weighted by atomic mass is 32.2. The number of hydrogen-bond donors (Lipinski definition) is 3. The van der Waals surface area contributed by atoms with Crippen molar-refractivity contribution in [3.8, 4) is 22.8 Å². The summed E-state index contributed by atoms with van der Waals surface area (Å²) in [7, 11) is 0. The second-order valence-electron chi connectivity index (χ2n) is 7.81. The van der Waals surface area contributed by atoms with Crippen molar-refractivity contribution in [1.82, 2.24) is 15.6 Å². The van der Waals surface area contributed by atoms with Crippen LogP contribution in [0.5, 0.6) is 11.5 Å². The smallest absolute Gasteiger partial charge is 0.315 e. The number of amides is 3. The van der Waals surface area contributed by atoms with Gasteiger partial charge in [0.15, 0.2) is 16.6 Å². The lowest BCUT2D eigenvalue weighted by molar-refractivity contribution is -0.116. The molecule has 0 unspecified atom stereocenters. The van der Waals surface area contributed by atoms with E-state index in [9.17, 15) is 9.59 Å². The third-order valence-electron chi connectivity index (χ3n) is 5.67. The van der Waals surface area contributed by atoms with Gasteiger partial charge in [-0.25, -0.2) is 9.78 Å². The molecule has 0 radical (unpaired) electrons. The molecule has 0 saturated carbocycles. The average Bonchev–Trinajstić information content (AvgIpc) is 3.47. The Balaban J connectivity index is 1.08. The molecule has 1 aromatic carbocycles. The molecule has 3 N–H and O–H groups in total. The van der Waals surface area contributed by atoms with Crippen molar-refractivity contribution in [3.05, 3.63) is 23.6 Å². The van der Waals surface area contributed by atoms with Crippen LogP contribution in [0.15, 0.2) is 23.6 Å². The van der Waals surface area contributed by atoms with Gasteiger partial charge in [0.05, 0.1) is 17.8 Å². The molecule has 1 aromatic heterocycles. The highest BCUT2D eigenvalue weighted by molar-refractivity contribution is 8.00. The molecular formula is C21H24N4O4S2. The third kappa shape index (κ3) is 4.59. The van der Waals surface area contributed by atoms with Crippen molar-refractivity contribution in [1.29, 1.82) is 0 Å². The van der Waals surface area contributed by atoms with Crippen LogP contribution in [0.1, 0.15) is 25.7 Å². The number of carbonyl (C=O) groups is 2. The maximum Gasteiger partial charge on any atom is 0.315 e. The van der Waals surface area contributed by atoms with Crippen LogP contribution in [0.4, 0.5) is 9.93 Å². The molecule has 5 rings (SSSR count). The van der Waals surface area contributed by atoms with Gasteiger partial charge in [0, 0.05) is 28.4 Å². The van der Waals surface area contributed by atoms with Crippen molar-refractivity contribution in [3.63, 3.8) is 0 Å². The number of unbranched alkanes of at least 4 members (excludes halogenated alkanes) is 1. The minimum atomic E-state index is -0.0567. The summed E-state index contributed by atoms with van der Waals surface area (Å²) in [5.41, 5.74) is 1.74. The number of urea groups is 1. The standard InChI is InChI=1S/C21H24N4O4S2/c26-18(4-2-1-3-17-19-14(11-30-17)22-20(27)25-19)24-21-23-13(10-31-21)12-5-6-15-16(9-12)29-8-7-28-15/h5-6,9-10,14,17,19H,1-4,7-8,11H2,(H2,22,25,27)(H,23,24,26)/t14-,17-,19-/m0/s1. The van der Waals surface area contributed by atoms with Gasteiger partial charge in [0.25, 0.3) is 0 Å². The Morgan fingerprint density at radius 2 is 2.06 bits per heavy atom. The molecule has 31 heavy (non-hydrogen) atoms. The first-order valence-corrected chi connectivity index (χ1v) is 12.4. The normalized spacial score (nSPS) is 23.7. The summed E-state index contributed by atoms with van der Waals surface area (Å²) in [5, 5.41) is 11.8. The maximum absolute atomic E-state index is 12.3. The number of carbonyl (C=O) groups excluding carboxylic acids is 2. The monoisotopic (exact) mass is 460 g/mol. The van der Waals surface area contributed by atoms with Crippen molar-refractivity contribution in [2.75, 3.05) is 24.3 Å². The Hall–Kier alpha value is -2.46. The summed E-state index contributed by atoms with van der Waals surface area (Å²) < 4.78 is 11.2. The molecule has 0 bridgehead atoms. The number of rotatable bonds is 7. The van der Waals surface area contributed by atoms with Gasteiger partial charge < -0.3 is 25.4 Å². The number of thioether (sulfide) groups is 1. The Labute approximate surface area is 188 Å². The number of fused-ring (bicyclic) bond motifs is 2. The lowest BCUT2D eigenvalue weighted by atomic mass is 10.0. The van der Waals surface area contributed by atoms with E-state index >= 15 is 0 Å². The van der Waals surface area contributed by atoms with Gasteiger partial charge in [-0.1, -0.05) is 6.42 Å². The molecule has 0 aliphatic carbocycles. The van der Waals surface area contributed by atoms with Crippen LogP contribution in [-0.2, 0) is 4.79 Å². The van der Waals surface area contributed by atoms with Crippen molar-refractivity contribution < 1.29 is 19.1 Å². The Bertz CT molecular complexity index is 982. The fourth-order valence-electron chi connectivity index (χ4n) is 4.12. The van der Waals surface area contributed by atoms with Gasteiger partial charge in [-0.2, -0.15) is 11.8 Å². The van der Waals surface area contributed by atoms with E-state index in [1.165, 1.54) is 11.3 Å². The number of hydrogen-bond acceptors (Lipinski definition) is 7. The number of aromatic nitrogens is 1. The van der Waals surface area contributed by atoms with E-state index in [1.807, 2.05) is 35.3 Å². The average molecular weight is 461 g/mol. The summed E-state index contributed by atoms with van der Waals surface area (Å²) in [4.78, 5) is 28.3. The van der Waals surface area contributed by atoms with E-state index in [0.717, 1.165) is 47.8 Å². The van der Waals surface area contributed by atoms with E-state index in [2.05, 4.69) is 20.9 Å². The van der Waals surface area contributed by atoms with Crippen LogP contribution in [-0.4, -0.2) is 53.2 Å². The van der Waals surface area contributed by atoms with E-state index in [-0.39, 0.29) is 24.0 Å². The van der Waals surface area contributed by atoms with Crippen LogP contribution in [0.2, 0.25) is 0 Å². The van der Waals surface area contributed by atoms with Crippen LogP contribution in [0, 0.1) is 0 Å². The number of benzene rings is 1. The largest absolute Gasteiger partial charge is 0.486 e. The number of nitrogens with one attached hydrogen (secondary N) is 3. The molecule has 2 saturated heterocycles. The third-order valence-corrected chi connectivity index (χ3v) is 7.94. The summed E-state index contributed by atoms with van der Waals surface area (Å²) in [6, 6.07) is 6.17. The van der Waals surface area contributed by atoms with Crippen molar-refractivity contribution in [2.24, 2.45) is 0 Å². The number of nitrogens with zero attached hydrogens (tertiary/aromatic N) is 1. The molecule has 3 atom stereocenters. The zero-order chi connectivity index (χ0) is 21.2. The van der Waals surface area contributed by atoms with E-state index in [0.29, 0.717) is 30.0 Å². The molecule has 0 spiro atoms. The topological polar surface area (TPSA) is 102 Å². The first-order valence-electron chi connectivity index (χ1n) is 10.5. The van der Waals surface area contributed by atoms with E-state index in [4.69, 9.17) is 9.47 Å². The second kappa shape index (κ2) is 8.96. The van der Waals surface area contributed by atoms with Gasteiger partial charge in [-0.05, 0) is 31.0 Å². The molecule has 3 aliphatic rings. The minimum absolute atomic E-state index is 0.0177. The number of anilines is 1. The summed E-state index contributed by atoms with van der Waals surface area (Å²) in [6.07, 6.45) is 3.26. The van der Waals surface area contributed by atoms with Crippen LogP contribution in [0.25, 0.3) is 11.3 Å².